The van der Waals surface area contributed by atoms with E-state index in [1.54, 1.807) is 20.8 Å². The van der Waals surface area contributed by atoms with E-state index < -0.39 is 15.8 Å². The molecule has 0 radical (unpaired) electrons. The third kappa shape index (κ3) is 5.15. The van der Waals surface area contributed by atoms with Crippen LogP contribution < -0.4 is 5.32 Å². The number of hydrogen-bond acceptors (Lipinski definition) is 7. The number of carbonyl (C=O) groups is 1. The summed E-state index contributed by atoms with van der Waals surface area (Å²) < 4.78 is 27.2. The molecule has 1 atom stereocenters. The molecule has 1 aromatic heterocycles. The van der Waals surface area contributed by atoms with Gasteiger partial charge in [-0.2, -0.15) is 0 Å². The number of aromatic nitrogens is 1. The summed E-state index contributed by atoms with van der Waals surface area (Å²) >= 11 is 1.30. The number of aryl methyl sites for hydroxylation is 1. The quantitative estimate of drug-likeness (QED) is 0.801. The van der Waals surface area contributed by atoms with E-state index in [1.165, 1.54) is 17.6 Å². The molecule has 0 saturated carbocycles. The SMILES string of the molecule is CCOC(=O)c1nc(NC(C)CS(C)(=O)=O)sc1C. The first-order chi connectivity index (χ1) is 8.73. The van der Waals surface area contributed by atoms with Crippen molar-refractivity contribution in [2.45, 2.75) is 26.8 Å². The molecule has 0 amide bonds. The van der Waals surface area contributed by atoms with E-state index in [-0.39, 0.29) is 17.5 Å². The van der Waals surface area contributed by atoms with Gasteiger partial charge in [-0.1, -0.05) is 0 Å². The zero-order valence-corrected chi connectivity index (χ0v) is 13.0. The van der Waals surface area contributed by atoms with Crippen molar-refractivity contribution < 1.29 is 17.9 Å². The molecule has 6 nitrogen and oxygen atoms in total. The fourth-order valence-corrected chi connectivity index (χ4v) is 3.46. The minimum atomic E-state index is -3.05. The van der Waals surface area contributed by atoms with Gasteiger partial charge in [0.05, 0.1) is 12.4 Å². The molecule has 8 heteroatoms. The first-order valence-electron chi connectivity index (χ1n) is 5.81. The van der Waals surface area contributed by atoms with E-state index in [0.29, 0.717) is 11.7 Å². The van der Waals surface area contributed by atoms with Crippen molar-refractivity contribution in [3.05, 3.63) is 10.6 Å². The Morgan fingerprint density at radius 3 is 2.68 bits per heavy atom. The van der Waals surface area contributed by atoms with Crippen molar-refractivity contribution in [2.75, 3.05) is 23.9 Å². The van der Waals surface area contributed by atoms with Gasteiger partial charge in [0, 0.05) is 17.2 Å². The molecule has 1 aromatic rings. The second kappa shape index (κ2) is 6.33. The number of sulfone groups is 1. The Labute approximate surface area is 117 Å². The van der Waals surface area contributed by atoms with Crippen LogP contribution in [0.15, 0.2) is 0 Å². The van der Waals surface area contributed by atoms with Crippen LogP contribution in [0.1, 0.15) is 29.2 Å². The molecule has 1 heterocycles. The van der Waals surface area contributed by atoms with Gasteiger partial charge < -0.3 is 10.1 Å². The van der Waals surface area contributed by atoms with Crippen molar-refractivity contribution in [3.8, 4) is 0 Å². The van der Waals surface area contributed by atoms with Crippen LogP contribution >= 0.6 is 11.3 Å². The molecule has 108 valence electrons. The monoisotopic (exact) mass is 306 g/mol. The van der Waals surface area contributed by atoms with Gasteiger partial charge in [0.1, 0.15) is 9.84 Å². The van der Waals surface area contributed by atoms with Crippen LogP contribution in [0.2, 0.25) is 0 Å². The third-order valence-electron chi connectivity index (χ3n) is 2.19. The normalized spacial score (nSPS) is 13.1. The van der Waals surface area contributed by atoms with E-state index in [0.717, 1.165) is 4.88 Å². The molecule has 1 rings (SSSR count). The summed E-state index contributed by atoms with van der Waals surface area (Å²) in [5.41, 5.74) is 0.279. The standard InChI is InChI=1S/C11H18N2O4S2/c1-5-17-10(14)9-8(3)18-11(13-9)12-7(2)6-19(4,15)16/h7H,5-6H2,1-4H3,(H,12,13). The lowest BCUT2D eigenvalue weighted by Gasteiger charge is -2.10. The summed E-state index contributed by atoms with van der Waals surface area (Å²) in [6.45, 7) is 5.55. The highest BCUT2D eigenvalue weighted by Crippen LogP contribution is 2.23. The molecule has 0 spiro atoms. The molecule has 0 fully saturated rings. The Morgan fingerprint density at radius 2 is 2.16 bits per heavy atom. The average molecular weight is 306 g/mol. The summed E-state index contributed by atoms with van der Waals surface area (Å²) in [7, 11) is -3.05. The highest BCUT2D eigenvalue weighted by molar-refractivity contribution is 7.90. The number of rotatable bonds is 6. The van der Waals surface area contributed by atoms with E-state index in [9.17, 15) is 13.2 Å². The molecular formula is C11H18N2O4S2. The van der Waals surface area contributed by atoms with Crippen molar-refractivity contribution >= 4 is 32.3 Å². The number of hydrogen-bond donors (Lipinski definition) is 1. The molecule has 1 unspecified atom stereocenters. The van der Waals surface area contributed by atoms with Gasteiger partial charge in [-0.15, -0.1) is 11.3 Å². The van der Waals surface area contributed by atoms with Gasteiger partial charge in [-0.3, -0.25) is 0 Å². The maximum Gasteiger partial charge on any atom is 0.358 e. The highest BCUT2D eigenvalue weighted by Gasteiger charge is 2.18. The molecule has 0 aliphatic heterocycles. The molecule has 0 aromatic carbocycles. The highest BCUT2D eigenvalue weighted by atomic mass is 32.2. The summed E-state index contributed by atoms with van der Waals surface area (Å²) in [6, 6.07) is -0.268. The number of nitrogens with zero attached hydrogens (tertiary/aromatic N) is 1. The van der Waals surface area contributed by atoms with Crippen LogP contribution in [0.25, 0.3) is 0 Å². The average Bonchev–Trinajstić information content (AvgIpc) is 2.56. The van der Waals surface area contributed by atoms with E-state index in [4.69, 9.17) is 4.74 Å². The van der Waals surface area contributed by atoms with Gasteiger partial charge in [0.25, 0.3) is 0 Å². The summed E-state index contributed by atoms with van der Waals surface area (Å²) in [5, 5.41) is 3.50. The van der Waals surface area contributed by atoms with Gasteiger partial charge in [-0.05, 0) is 20.8 Å². The molecular weight excluding hydrogens is 288 g/mol. The second-order valence-electron chi connectivity index (χ2n) is 4.28. The lowest BCUT2D eigenvalue weighted by molar-refractivity contribution is 0.0519. The molecule has 0 aliphatic rings. The maximum absolute atomic E-state index is 11.6. The van der Waals surface area contributed by atoms with Crippen molar-refractivity contribution in [2.24, 2.45) is 0 Å². The lowest BCUT2D eigenvalue weighted by Crippen LogP contribution is -2.25. The van der Waals surface area contributed by atoms with E-state index >= 15 is 0 Å². The van der Waals surface area contributed by atoms with Crippen LogP contribution in [0.3, 0.4) is 0 Å². The maximum atomic E-state index is 11.6. The number of esters is 1. The Morgan fingerprint density at radius 1 is 1.53 bits per heavy atom. The summed E-state index contributed by atoms with van der Waals surface area (Å²) in [4.78, 5) is 16.5. The topological polar surface area (TPSA) is 85.4 Å². The number of anilines is 1. The van der Waals surface area contributed by atoms with Gasteiger partial charge in [0.15, 0.2) is 10.8 Å². The molecule has 1 N–H and O–H groups in total. The number of ether oxygens (including phenoxy) is 1. The fraction of sp³-hybridized carbons (Fsp3) is 0.636. The summed E-state index contributed by atoms with van der Waals surface area (Å²) in [5.74, 6) is -0.444. The zero-order valence-electron chi connectivity index (χ0n) is 11.4. The van der Waals surface area contributed by atoms with E-state index in [1.807, 2.05) is 0 Å². The number of thiazole rings is 1. The molecule has 0 aliphatic carbocycles. The molecule has 0 saturated heterocycles. The first-order valence-corrected chi connectivity index (χ1v) is 8.69. The molecule has 19 heavy (non-hydrogen) atoms. The van der Waals surface area contributed by atoms with Crippen LogP contribution in [-0.4, -0.2) is 44.0 Å². The second-order valence-corrected chi connectivity index (χ2v) is 7.67. The lowest BCUT2D eigenvalue weighted by atomic mass is 10.4. The minimum absolute atomic E-state index is 0.0143. The fourth-order valence-electron chi connectivity index (χ4n) is 1.55. The van der Waals surface area contributed by atoms with Crippen molar-refractivity contribution in [1.29, 1.82) is 0 Å². The Bertz CT molecular complexity index is 551. The van der Waals surface area contributed by atoms with E-state index in [2.05, 4.69) is 10.3 Å². The van der Waals surface area contributed by atoms with Crippen LogP contribution in [0, 0.1) is 6.92 Å². The Hall–Kier alpha value is -1.15. The van der Waals surface area contributed by atoms with Gasteiger partial charge in [0.2, 0.25) is 0 Å². The van der Waals surface area contributed by atoms with Crippen molar-refractivity contribution in [3.63, 3.8) is 0 Å². The predicted octanol–water partition coefficient (Wildman–Crippen LogP) is 1.47. The minimum Gasteiger partial charge on any atom is -0.461 e. The van der Waals surface area contributed by atoms with Crippen LogP contribution in [-0.2, 0) is 14.6 Å². The number of carbonyl (C=O) groups excluding carboxylic acids is 1. The number of nitrogens with one attached hydrogen (secondary N) is 1. The Kier molecular flexibility index (Phi) is 5.30. The van der Waals surface area contributed by atoms with Crippen molar-refractivity contribution in [1.82, 2.24) is 4.98 Å². The Balaban J connectivity index is 2.76. The van der Waals surface area contributed by atoms with Gasteiger partial charge >= 0.3 is 5.97 Å². The predicted molar refractivity (Wildman–Crippen MR) is 75.6 cm³/mol. The van der Waals surface area contributed by atoms with Crippen LogP contribution in [0.5, 0.6) is 0 Å². The first kappa shape index (κ1) is 15.9. The molecule has 0 bridgehead atoms. The largest absolute Gasteiger partial charge is 0.461 e. The van der Waals surface area contributed by atoms with Crippen LogP contribution in [0.4, 0.5) is 5.13 Å². The summed E-state index contributed by atoms with van der Waals surface area (Å²) in [6.07, 6.45) is 1.18. The smallest absolute Gasteiger partial charge is 0.358 e. The zero-order chi connectivity index (χ0) is 14.6. The third-order valence-corrected chi connectivity index (χ3v) is 4.20. The van der Waals surface area contributed by atoms with Gasteiger partial charge in [-0.25, -0.2) is 18.2 Å².